The maximum absolute atomic E-state index is 8.68. The van der Waals surface area contributed by atoms with Crippen LogP contribution >= 0.6 is 0 Å². The Kier molecular flexibility index (Phi) is 2.78. The molecule has 0 aliphatic heterocycles. The van der Waals surface area contributed by atoms with Crippen LogP contribution in [0, 0.1) is 11.3 Å². The molecule has 1 N–H and O–H groups in total. The van der Waals surface area contributed by atoms with Gasteiger partial charge in [-0.05, 0) is 12.1 Å². The summed E-state index contributed by atoms with van der Waals surface area (Å²) < 4.78 is 1.64. The van der Waals surface area contributed by atoms with E-state index in [1.807, 2.05) is 13.1 Å². The summed E-state index contributed by atoms with van der Waals surface area (Å²) in [6.45, 7) is 0.489. The number of aryl methyl sites for hydroxylation is 1. The van der Waals surface area contributed by atoms with E-state index in [0.29, 0.717) is 23.9 Å². The normalized spacial score (nSPS) is 9.75. The van der Waals surface area contributed by atoms with E-state index in [0.717, 1.165) is 0 Å². The van der Waals surface area contributed by atoms with Crippen LogP contribution in [-0.2, 0) is 13.6 Å². The molecule has 6 heteroatoms. The molecule has 0 saturated carbocycles. The summed E-state index contributed by atoms with van der Waals surface area (Å²) >= 11 is 0. The third-order valence-electron chi connectivity index (χ3n) is 1.94. The minimum absolute atomic E-state index is 0.388. The molecule has 80 valence electrons. The van der Waals surface area contributed by atoms with E-state index >= 15 is 0 Å². The second-order valence-electron chi connectivity index (χ2n) is 3.21. The van der Waals surface area contributed by atoms with E-state index in [4.69, 9.17) is 5.26 Å². The zero-order valence-corrected chi connectivity index (χ0v) is 8.75. The Morgan fingerprint density at radius 2 is 2.38 bits per heavy atom. The highest BCUT2D eigenvalue weighted by Crippen LogP contribution is 2.04. The van der Waals surface area contributed by atoms with Crippen LogP contribution in [0.2, 0.25) is 0 Å². The predicted octanol–water partition coefficient (Wildman–Crippen LogP) is 0.694. The summed E-state index contributed by atoms with van der Waals surface area (Å²) in [6.07, 6.45) is 1.64. The maximum atomic E-state index is 8.68. The lowest BCUT2D eigenvalue weighted by molar-refractivity contribution is 0.747. The van der Waals surface area contributed by atoms with Crippen molar-refractivity contribution >= 4 is 5.82 Å². The number of hydrogen-bond acceptors (Lipinski definition) is 5. The monoisotopic (exact) mass is 214 g/mol. The molecule has 0 amide bonds. The molecule has 0 saturated heterocycles. The van der Waals surface area contributed by atoms with Crippen LogP contribution in [-0.4, -0.2) is 19.7 Å². The van der Waals surface area contributed by atoms with Crippen molar-refractivity contribution in [1.82, 2.24) is 19.7 Å². The van der Waals surface area contributed by atoms with Gasteiger partial charge in [-0.25, -0.2) is 9.97 Å². The van der Waals surface area contributed by atoms with Crippen LogP contribution in [0.15, 0.2) is 24.5 Å². The van der Waals surface area contributed by atoms with Crippen LogP contribution in [0.3, 0.4) is 0 Å². The Hall–Kier alpha value is -2.42. The summed E-state index contributed by atoms with van der Waals surface area (Å²) in [7, 11) is 1.81. The largest absolute Gasteiger partial charge is 0.363 e. The van der Waals surface area contributed by atoms with Crippen molar-refractivity contribution in [3.8, 4) is 6.07 Å². The van der Waals surface area contributed by atoms with Gasteiger partial charge in [-0.1, -0.05) is 6.07 Å². The standard InChI is InChI=1S/C10H10N6/c1-16-7-13-10(15-16)6-12-9-4-2-3-8(5-11)14-9/h2-4,7H,6H2,1H3,(H,12,14). The number of aromatic nitrogens is 4. The molecule has 0 aliphatic carbocycles. The van der Waals surface area contributed by atoms with Gasteiger partial charge < -0.3 is 5.32 Å². The van der Waals surface area contributed by atoms with E-state index in [9.17, 15) is 0 Å². The highest BCUT2D eigenvalue weighted by Gasteiger charge is 2.00. The van der Waals surface area contributed by atoms with E-state index in [1.165, 1.54) is 0 Å². The van der Waals surface area contributed by atoms with Gasteiger partial charge in [0.1, 0.15) is 23.9 Å². The fraction of sp³-hybridized carbons (Fsp3) is 0.200. The topological polar surface area (TPSA) is 79.4 Å². The van der Waals surface area contributed by atoms with Gasteiger partial charge >= 0.3 is 0 Å². The molecule has 0 spiro atoms. The summed E-state index contributed by atoms with van der Waals surface area (Å²) in [5, 5.41) is 15.8. The van der Waals surface area contributed by atoms with Crippen LogP contribution in [0.4, 0.5) is 5.82 Å². The fourth-order valence-corrected chi connectivity index (χ4v) is 1.23. The smallest absolute Gasteiger partial charge is 0.169 e. The number of nitrogens with one attached hydrogen (secondary N) is 1. The van der Waals surface area contributed by atoms with Gasteiger partial charge in [0.25, 0.3) is 0 Å². The molecule has 16 heavy (non-hydrogen) atoms. The molecule has 0 aliphatic rings. The molecular formula is C10H10N6. The van der Waals surface area contributed by atoms with Crippen molar-refractivity contribution in [1.29, 1.82) is 5.26 Å². The molecule has 0 fully saturated rings. The Morgan fingerprint density at radius 3 is 3.06 bits per heavy atom. The highest BCUT2D eigenvalue weighted by atomic mass is 15.3. The zero-order chi connectivity index (χ0) is 11.4. The van der Waals surface area contributed by atoms with Crippen molar-refractivity contribution in [2.24, 2.45) is 7.05 Å². The lowest BCUT2D eigenvalue weighted by Crippen LogP contribution is -2.04. The number of rotatable bonds is 3. The van der Waals surface area contributed by atoms with Gasteiger partial charge in [-0.2, -0.15) is 10.4 Å². The fourth-order valence-electron chi connectivity index (χ4n) is 1.23. The van der Waals surface area contributed by atoms with Crippen molar-refractivity contribution in [2.45, 2.75) is 6.54 Å². The molecule has 2 aromatic heterocycles. The number of pyridine rings is 1. The molecule has 6 nitrogen and oxygen atoms in total. The first-order chi connectivity index (χ1) is 7.78. The summed E-state index contributed by atoms with van der Waals surface area (Å²) in [4.78, 5) is 8.15. The quantitative estimate of drug-likeness (QED) is 0.813. The van der Waals surface area contributed by atoms with Crippen LogP contribution in [0.1, 0.15) is 11.5 Å². The molecule has 0 bridgehead atoms. The second kappa shape index (κ2) is 4.40. The average Bonchev–Trinajstić information content (AvgIpc) is 2.73. The van der Waals surface area contributed by atoms with Crippen molar-refractivity contribution < 1.29 is 0 Å². The maximum Gasteiger partial charge on any atom is 0.169 e. The molecule has 2 rings (SSSR count). The van der Waals surface area contributed by atoms with E-state index < -0.39 is 0 Å². The summed E-state index contributed by atoms with van der Waals surface area (Å²) in [6, 6.07) is 7.21. The Labute approximate surface area is 92.6 Å². The predicted molar refractivity (Wildman–Crippen MR) is 57.3 cm³/mol. The first-order valence-electron chi connectivity index (χ1n) is 4.73. The SMILES string of the molecule is Cn1cnc(CNc2cccc(C#N)n2)n1. The zero-order valence-electron chi connectivity index (χ0n) is 8.75. The summed E-state index contributed by atoms with van der Waals surface area (Å²) in [5.74, 6) is 1.33. The first-order valence-corrected chi connectivity index (χ1v) is 4.73. The van der Waals surface area contributed by atoms with Gasteiger partial charge in [0.05, 0.1) is 6.54 Å². The molecule has 0 radical (unpaired) electrons. The molecular weight excluding hydrogens is 204 g/mol. The Bertz CT molecular complexity index is 524. The van der Waals surface area contributed by atoms with Gasteiger partial charge in [0, 0.05) is 7.05 Å². The van der Waals surface area contributed by atoms with Crippen LogP contribution in [0.25, 0.3) is 0 Å². The third-order valence-corrected chi connectivity index (χ3v) is 1.94. The number of nitrogens with zero attached hydrogens (tertiary/aromatic N) is 5. The molecule has 0 unspecified atom stereocenters. The second-order valence-corrected chi connectivity index (χ2v) is 3.21. The minimum atomic E-state index is 0.388. The first kappa shape index (κ1) is 10.1. The van der Waals surface area contributed by atoms with Gasteiger partial charge in [-0.15, -0.1) is 0 Å². The van der Waals surface area contributed by atoms with E-state index in [1.54, 1.807) is 29.2 Å². The lowest BCUT2D eigenvalue weighted by atomic mass is 10.3. The average molecular weight is 214 g/mol. The Balaban J connectivity index is 2.02. The molecule has 0 aromatic carbocycles. The third kappa shape index (κ3) is 2.33. The van der Waals surface area contributed by atoms with Crippen molar-refractivity contribution in [3.63, 3.8) is 0 Å². The van der Waals surface area contributed by atoms with Gasteiger partial charge in [0.15, 0.2) is 5.82 Å². The Morgan fingerprint density at radius 1 is 1.50 bits per heavy atom. The summed E-state index contributed by atoms with van der Waals surface area (Å²) in [5.41, 5.74) is 0.388. The van der Waals surface area contributed by atoms with Crippen molar-refractivity contribution in [3.05, 3.63) is 36.0 Å². The number of hydrogen-bond donors (Lipinski definition) is 1. The lowest BCUT2D eigenvalue weighted by Gasteiger charge is -2.02. The molecule has 2 heterocycles. The van der Waals surface area contributed by atoms with Gasteiger partial charge in [-0.3, -0.25) is 4.68 Å². The number of anilines is 1. The molecule has 2 aromatic rings. The van der Waals surface area contributed by atoms with Crippen molar-refractivity contribution in [2.75, 3.05) is 5.32 Å². The van der Waals surface area contributed by atoms with Crippen LogP contribution < -0.4 is 5.32 Å². The van der Waals surface area contributed by atoms with Gasteiger partial charge in [0.2, 0.25) is 0 Å². The number of nitriles is 1. The van der Waals surface area contributed by atoms with E-state index in [2.05, 4.69) is 20.4 Å². The molecule has 0 atom stereocenters. The van der Waals surface area contributed by atoms with E-state index in [-0.39, 0.29) is 0 Å². The highest BCUT2D eigenvalue weighted by molar-refractivity contribution is 5.38. The van der Waals surface area contributed by atoms with Crippen LogP contribution in [0.5, 0.6) is 0 Å². The minimum Gasteiger partial charge on any atom is -0.363 e.